The number of amides is 3. The molecule has 2 bridgehead atoms. The van der Waals surface area contributed by atoms with Crippen molar-refractivity contribution in [3.63, 3.8) is 0 Å². The molecule has 3 aromatic rings. The van der Waals surface area contributed by atoms with Gasteiger partial charge in [-0.3, -0.25) is 14.4 Å². The molecule has 8 nitrogen and oxygen atoms in total. The van der Waals surface area contributed by atoms with Gasteiger partial charge in [0.05, 0.1) is 30.1 Å². The lowest BCUT2D eigenvalue weighted by atomic mass is 9.66. The van der Waals surface area contributed by atoms with Gasteiger partial charge in [0.1, 0.15) is 11.6 Å². The van der Waals surface area contributed by atoms with Gasteiger partial charge in [0.2, 0.25) is 17.7 Å². The molecule has 3 fully saturated rings. The Morgan fingerprint density at radius 3 is 2.17 bits per heavy atom. The first-order valence-corrected chi connectivity index (χ1v) is 14.2. The molecule has 6 rings (SSSR count). The number of carbonyl (C=O) groups is 3. The van der Waals surface area contributed by atoms with E-state index >= 15 is 0 Å². The molecule has 8 heteroatoms. The SMILES string of the molecule is C[C@]12CCC3(O1)C(C(=O)NCc1ccccc1)N([C@@H](CO)Cc1ccccc1)C(=O)[C@@H]3[C@H]2C(=O)Nc1ccccc1. The van der Waals surface area contributed by atoms with E-state index in [1.165, 1.54) is 4.90 Å². The predicted octanol–water partition coefficient (Wildman–Crippen LogP) is 3.31. The van der Waals surface area contributed by atoms with Crippen molar-refractivity contribution in [3.05, 3.63) is 102 Å². The van der Waals surface area contributed by atoms with Crippen LogP contribution in [-0.2, 0) is 32.1 Å². The molecule has 0 aliphatic carbocycles. The highest BCUT2D eigenvalue weighted by Crippen LogP contribution is 2.63. The second-order valence-electron chi connectivity index (χ2n) is 11.6. The monoisotopic (exact) mass is 553 g/mol. The smallest absolute Gasteiger partial charge is 0.246 e. The number of hydrogen-bond acceptors (Lipinski definition) is 5. The molecular weight excluding hydrogens is 518 g/mol. The fourth-order valence-electron chi connectivity index (χ4n) is 7.22. The molecule has 41 heavy (non-hydrogen) atoms. The van der Waals surface area contributed by atoms with Gasteiger partial charge in [-0.15, -0.1) is 0 Å². The summed E-state index contributed by atoms with van der Waals surface area (Å²) in [5.41, 5.74) is 0.437. The maximum absolute atomic E-state index is 14.4. The van der Waals surface area contributed by atoms with E-state index in [0.29, 0.717) is 24.9 Å². The standard InChI is InChI=1S/C33H35N3O5/c1-32-17-18-33(41-32)27(26(32)29(38)35-24-15-9-4-10-16-24)31(40)36(25(21-37)19-22-11-5-2-6-12-22)28(33)30(39)34-20-23-13-7-3-8-14-23/h2-16,25-28,37H,17-21H2,1H3,(H,34,39)(H,35,38)/t25-,26+,27+,28?,32-,33?/m1/s1. The van der Waals surface area contributed by atoms with Crippen LogP contribution in [0.2, 0.25) is 0 Å². The number of para-hydroxylation sites is 1. The highest BCUT2D eigenvalue weighted by Gasteiger charge is 2.78. The number of nitrogens with one attached hydrogen (secondary N) is 2. The molecule has 3 saturated heterocycles. The molecule has 1 spiro atoms. The van der Waals surface area contributed by atoms with E-state index in [2.05, 4.69) is 10.6 Å². The Bertz CT molecular complexity index is 1420. The van der Waals surface area contributed by atoms with Crippen LogP contribution in [0.15, 0.2) is 91.0 Å². The number of benzene rings is 3. The third-order valence-corrected chi connectivity index (χ3v) is 9.01. The second kappa shape index (κ2) is 10.8. The molecule has 6 atom stereocenters. The summed E-state index contributed by atoms with van der Waals surface area (Å²) in [7, 11) is 0. The zero-order valence-electron chi connectivity index (χ0n) is 23.0. The molecule has 3 aliphatic rings. The van der Waals surface area contributed by atoms with Crippen LogP contribution in [0.1, 0.15) is 30.9 Å². The van der Waals surface area contributed by atoms with Gasteiger partial charge in [0.25, 0.3) is 0 Å². The molecular formula is C33H35N3O5. The summed E-state index contributed by atoms with van der Waals surface area (Å²) in [6.07, 6.45) is 1.38. The van der Waals surface area contributed by atoms with Crippen molar-refractivity contribution in [3.8, 4) is 0 Å². The zero-order chi connectivity index (χ0) is 28.6. The number of ether oxygens (including phenoxy) is 1. The quantitative estimate of drug-likeness (QED) is 0.377. The van der Waals surface area contributed by atoms with Crippen LogP contribution in [0.3, 0.4) is 0 Å². The maximum Gasteiger partial charge on any atom is 0.246 e. The van der Waals surface area contributed by atoms with Gasteiger partial charge >= 0.3 is 0 Å². The zero-order valence-corrected chi connectivity index (χ0v) is 23.0. The number of hydrogen-bond donors (Lipinski definition) is 3. The van der Waals surface area contributed by atoms with E-state index in [1.807, 2.05) is 85.8 Å². The highest BCUT2D eigenvalue weighted by molar-refractivity contribution is 6.02. The minimum atomic E-state index is -1.17. The molecule has 0 saturated carbocycles. The van der Waals surface area contributed by atoms with Crippen LogP contribution in [0, 0.1) is 11.8 Å². The Morgan fingerprint density at radius 2 is 1.54 bits per heavy atom. The van der Waals surface area contributed by atoms with E-state index in [1.54, 1.807) is 12.1 Å². The Kier molecular flexibility index (Phi) is 7.13. The predicted molar refractivity (Wildman–Crippen MR) is 153 cm³/mol. The first-order chi connectivity index (χ1) is 19.9. The topological polar surface area (TPSA) is 108 Å². The number of aliphatic hydroxyl groups excluding tert-OH is 1. The van der Waals surface area contributed by atoms with E-state index in [9.17, 15) is 19.5 Å². The van der Waals surface area contributed by atoms with Gasteiger partial charge in [-0.25, -0.2) is 0 Å². The van der Waals surface area contributed by atoms with Crippen molar-refractivity contribution in [2.75, 3.05) is 11.9 Å². The molecule has 3 heterocycles. The Hall–Kier alpha value is -4.01. The Morgan fingerprint density at radius 1 is 0.927 bits per heavy atom. The normalized spacial score (nSPS) is 28.8. The average Bonchev–Trinajstić information content (AvgIpc) is 3.57. The lowest BCUT2D eigenvalue weighted by Gasteiger charge is -2.37. The summed E-state index contributed by atoms with van der Waals surface area (Å²) in [5.74, 6) is -2.59. The van der Waals surface area contributed by atoms with Crippen molar-refractivity contribution < 1.29 is 24.2 Å². The van der Waals surface area contributed by atoms with Gasteiger partial charge in [-0.2, -0.15) is 0 Å². The highest BCUT2D eigenvalue weighted by atomic mass is 16.5. The van der Waals surface area contributed by atoms with Gasteiger partial charge < -0.3 is 25.4 Å². The second-order valence-corrected chi connectivity index (χ2v) is 11.6. The van der Waals surface area contributed by atoms with Gasteiger partial charge in [0.15, 0.2) is 0 Å². The minimum absolute atomic E-state index is 0.288. The molecule has 3 amide bonds. The van der Waals surface area contributed by atoms with Crippen molar-refractivity contribution >= 4 is 23.4 Å². The van der Waals surface area contributed by atoms with Gasteiger partial charge in [-0.05, 0) is 49.4 Å². The van der Waals surface area contributed by atoms with Crippen molar-refractivity contribution in [1.29, 1.82) is 0 Å². The average molecular weight is 554 g/mol. The minimum Gasteiger partial charge on any atom is -0.394 e. The molecule has 0 radical (unpaired) electrons. The summed E-state index contributed by atoms with van der Waals surface area (Å²) in [6, 6.07) is 26.6. The first-order valence-electron chi connectivity index (χ1n) is 14.2. The summed E-state index contributed by atoms with van der Waals surface area (Å²) < 4.78 is 6.71. The molecule has 212 valence electrons. The van der Waals surface area contributed by atoms with Gasteiger partial charge in [0, 0.05) is 12.2 Å². The number of aliphatic hydroxyl groups is 1. The Labute approximate surface area is 239 Å². The number of fused-ring (bicyclic) bond motifs is 1. The third kappa shape index (κ3) is 4.71. The number of likely N-dealkylation sites (tertiary alicyclic amines) is 1. The molecule has 3 aliphatic heterocycles. The van der Waals surface area contributed by atoms with E-state index in [4.69, 9.17) is 4.74 Å². The van der Waals surface area contributed by atoms with Crippen molar-refractivity contribution in [1.82, 2.24) is 10.2 Å². The summed E-state index contributed by atoms with van der Waals surface area (Å²) in [5, 5.41) is 16.6. The molecule has 2 unspecified atom stereocenters. The summed E-state index contributed by atoms with van der Waals surface area (Å²) in [6.45, 7) is 1.83. The van der Waals surface area contributed by atoms with Crippen LogP contribution < -0.4 is 10.6 Å². The number of carbonyl (C=O) groups excluding carboxylic acids is 3. The number of anilines is 1. The van der Waals surface area contributed by atoms with E-state index in [0.717, 1.165) is 11.1 Å². The maximum atomic E-state index is 14.4. The summed E-state index contributed by atoms with van der Waals surface area (Å²) >= 11 is 0. The third-order valence-electron chi connectivity index (χ3n) is 9.01. The number of rotatable bonds is 9. The fraction of sp³-hybridized carbons (Fsp3) is 0.364. The fourth-order valence-corrected chi connectivity index (χ4v) is 7.22. The van der Waals surface area contributed by atoms with Crippen LogP contribution in [0.5, 0.6) is 0 Å². The molecule has 3 aromatic carbocycles. The molecule has 0 aromatic heterocycles. The Balaban J connectivity index is 1.36. The van der Waals surface area contributed by atoms with Gasteiger partial charge in [-0.1, -0.05) is 78.9 Å². The van der Waals surface area contributed by atoms with Crippen LogP contribution >= 0.6 is 0 Å². The van der Waals surface area contributed by atoms with Crippen LogP contribution in [0.4, 0.5) is 5.69 Å². The van der Waals surface area contributed by atoms with E-state index in [-0.39, 0.29) is 30.9 Å². The first kappa shape index (κ1) is 27.2. The lowest BCUT2D eigenvalue weighted by Crippen LogP contribution is -2.58. The number of nitrogens with zero attached hydrogens (tertiary/aromatic N) is 1. The largest absolute Gasteiger partial charge is 0.394 e. The lowest BCUT2D eigenvalue weighted by molar-refractivity contribution is -0.148. The van der Waals surface area contributed by atoms with Crippen LogP contribution in [-0.4, -0.2) is 57.6 Å². The van der Waals surface area contributed by atoms with E-state index < -0.39 is 35.1 Å². The van der Waals surface area contributed by atoms with Crippen molar-refractivity contribution in [2.24, 2.45) is 11.8 Å². The molecule has 3 N–H and O–H groups in total. The van der Waals surface area contributed by atoms with Crippen molar-refractivity contribution in [2.45, 2.75) is 56.0 Å². The summed E-state index contributed by atoms with van der Waals surface area (Å²) in [4.78, 5) is 43.8. The van der Waals surface area contributed by atoms with Crippen LogP contribution in [0.25, 0.3) is 0 Å².